The summed E-state index contributed by atoms with van der Waals surface area (Å²) in [7, 11) is 1.67. The van der Waals surface area contributed by atoms with Crippen molar-refractivity contribution < 1.29 is 27.9 Å². The summed E-state index contributed by atoms with van der Waals surface area (Å²) in [5.41, 5.74) is 2.33. The third-order valence-corrected chi connectivity index (χ3v) is 3.48. The van der Waals surface area contributed by atoms with E-state index in [1.165, 1.54) is 5.56 Å². The van der Waals surface area contributed by atoms with E-state index in [0.29, 0.717) is 13.0 Å². The fourth-order valence-corrected chi connectivity index (χ4v) is 2.12. The number of rotatable bonds is 6. The zero-order chi connectivity index (χ0) is 20.3. The molecular weight excluding hydrogens is 361 g/mol. The van der Waals surface area contributed by atoms with Crippen LogP contribution in [0.2, 0.25) is 0 Å². The zero-order valence-corrected chi connectivity index (χ0v) is 14.7. The number of amides is 1. The summed E-state index contributed by atoms with van der Waals surface area (Å²) in [6.07, 6.45) is -4.40. The number of likely N-dealkylation sites (N-methyl/N-ethyl adjacent to an activating group) is 1. The van der Waals surface area contributed by atoms with Crippen molar-refractivity contribution in [3.63, 3.8) is 0 Å². The van der Waals surface area contributed by atoms with Gasteiger partial charge in [0.25, 0.3) is 0 Å². The van der Waals surface area contributed by atoms with Gasteiger partial charge in [0.2, 0.25) is 5.91 Å². The molecule has 27 heavy (non-hydrogen) atoms. The Labute approximate surface area is 155 Å². The molecule has 0 aromatic heterocycles. The number of carbonyl (C=O) groups excluding carboxylic acids is 1. The van der Waals surface area contributed by atoms with Crippen molar-refractivity contribution in [2.45, 2.75) is 25.2 Å². The molecule has 2 aromatic rings. The molecule has 0 radical (unpaired) electrons. The molecule has 0 fully saturated rings. The lowest BCUT2D eigenvalue weighted by Crippen LogP contribution is -2.44. The number of benzene rings is 2. The lowest BCUT2D eigenvalue weighted by atomic mass is 10.0. The molecule has 146 valence electrons. The Hall–Kier alpha value is -2.87. The second-order valence-corrected chi connectivity index (χ2v) is 5.53. The van der Waals surface area contributed by atoms with Crippen LogP contribution >= 0.6 is 0 Å². The molecule has 5 nitrogen and oxygen atoms in total. The molecule has 3 N–H and O–H groups in total. The van der Waals surface area contributed by atoms with Crippen molar-refractivity contribution in [2.75, 3.05) is 7.05 Å². The molecule has 0 bridgehead atoms. The maximum atomic E-state index is 12.0. The van der Waals surface area contributed by atoms with Crippen LogP contribution in [0.1, 0.15) is 11.1 Å². The Morgan fingerprint density at radius 2 is 1.41 bits per heavy atom. The number of aliphatic carboxylic acids is 1. The first-order valence-electron chi connectivity index (χ1n) is 8.07. The van der Waals surface area contributed by atoms with E-state index in [0.717, 1.165) is 5.56 Å². The summed E-state index contributed by atoms with van der Waals surface area (Å²) >= 11 is 0. The topological polar surface area (TPSA) is 78.4 Å². The van der Waals surface area contributed by atoms with Gasteiger partial charge in [-0.25, -0.2) is 4.79 Å². The Balaban J connectivity index is 0.000000445. The van der Waals surface area contributed by atoms with Gasteiger partial charge in [-0.3, -0.25) is 4.79 Å². The van der Waals surface area contributed by atoms with Crippen molar-refractivity contribution >= 4 is 11.9 Å². The van der Waals surface area contributed by atoms with E-state index >= 15 is 0 Å². The molecule has 0 aliphatic carbocycles. The second-order valence-electron chi connectivity index (χ2n) is 5.53. The number of hydrogen-bond acceptors (Lipinski definition) is 3. The fourth-order valence-electron chi connectivity index (χ4n) is 2.12. The lowest BCUT2D eigenvalue weighted by molar-refractivity contribution is -0.192. The number of nitrogens with one attached hydrogen (secondary N) is 2. The minimum absolute atomic E-state index is 0.0183. The predicted octanol–water partition coefficient (Wildman–Crippen LogP) is 2.77. The van der Waals surface area contributed by atoms with Crippen molar-refractivity contribution in [3.05, 3.63) is 71.8 Å². The van der Waals surface area contributed by atoms with E-state index in [1.54, 1.807) is 7.05 Å². The van der Waals surface area contributed by atoms with E-state index in [1.807, 2.05) is 48.5 Å². The van der Waals surface area contributed by atoms with Crippen LogP contribution in [0.15, 0.2) is 60.7 Å². The van der Waals surface area contributed by atoms with E-state index in [-0.39, 0.29) is 11.9 Å². The monoisotopic (exact) mass is 382 g/mol. The van der Waals surface area contributed by atoms with E-state index < -0.39 is 12.1 Å². The average molecular weight is 382 g/mol. The number of alkyl halides is 3. The van der Waals surface area contributed by atoms with Gasteiger partial charge in [0.05, 0.1) is 6.04 Å². The van der Waals surface area contributed by atoms with Crippen molar-refractivity contribution in [2.24, 2.45) is 0 Å². The van der Waals surface area contributed by atoms with Gasteiger partial charge >= 0.3 is 12.1 Å². The molecule has 0 saturated heterocycles. The molecule has 2 aromatic carbocycles. The molecule has 1 amide bonds. The van der Waals surface area contributed by atoms with Gasteiger partial charge < -0.3 is 15.7 Å². The highest BCUT2D eigenvalue weighted by molar-refractivity contribution is 5.81. The molecule has 2 rings (SSSR count). The van der Waals surface area contributed by atoms with Gasteiger partial charge in [0.1, 0.15) is 0 Å². The number of carbonyl (C=O) groups is 2. The van der Waals surface area contributed by atoms with Crippen LogP contribution in [0.5, 0.6) is 0 Å². The molecule has 0 spiro atoms. The first-order valence-corrected chi connectivity index (χ1v) is 8.07. The highest BCUT2D eigenvalue weighted by Gasteiger charge is 2.38. The number of halogens is 3. The zero-order valence-electron chi connectivity index (χ0n) is 14.7. The first-order chi connectivity index (χ1) is 12.7. The number of carboxylic acid groups (broad SMARTS) is 1. The summed E-state index contributed by atoms with van der Waals surface area (Å²) in [6.45, 7) is 0.686. The van der Waals surface area contributed by atoms with Crippen LogP contribution in [0.3, 0.4) is 0 Å². The maximum absolute atomic E-state index is 12.0. The number of carboxylic acids is 1. The lowest BCUT2D eigenvalue weighted by Gasteiger charge is -2.17. The van der Waals surface area contributed by atoms with Crippen LogP contribution in [-0.4, -0.2) is 36.2 Å². The average Bonchev–Trinajstić information content (AvgIpc) is 2.66. The van der Waals surface area contributed by atoms with Gasteiger partial charge in [-0.2, -0.15) is 13.2 Å². The highest BCUT2D eigenvalue weighted by atomic mass is 19.4. The third-order valence-electron chi connectivity index (χ3n) is 3.48. The molecule has 8 heteroatoms. The van der Waals surface area contributed by atoms with E-state index in [9.17, 15) is 18.0 Å². The maximum Gasteiger partial charge on any atom is 0.490 e. The molecule has 0 aliphatic rings. The highest BCUT2D eigenvalue weighted by Crippen LogP contribution is 2.13. The standard InChI is InChI=1S/C17H20N2O.C2HF3O2/c1-18-17(20)16(12-14-8-4-2-5-9-14)19-13-15-10-6-3-7-11-15;3-2(4,5)1(6)7/h2-11,16,19H,12-13H2,1H3,(H,18,20);(H,6,7). The minimum atomic E-state index is -5.08. The molecule has 0 saturated carbocycles. The van der Waals surface area contributed by atoms with Crippen LogP contribution in [0, 0.1) is 0 Å². The summed E-state index contributed by atoms with van der Waals surface area (Å²) in [4.78, 5) is 20.9. The Kier molecular flexibility index (Phi) is 9.01. The summed E-state index contributed by atoms with van der Waals surface area (Å²) in [5, 5.41) is 13.2. The third kappa shape index (κ3) is 8.87. The van der Waals surface area contributed by atoms with E-state index in [2.05, 4.69) is 22.8 Å². The Bertz CT molecular complexity index is 707. The quantitative estimate of drug-likeness (QED) is 0.718. The van der Waals surface area contributed by atoms with Crippen molar-refractivity contribution in [1.82, 2.24) is 10.6 Å². The van der Waals surface area contributed by atoms with Crippen molar-refractivity contribution in [1.29, 1.82) is 0 Å². The fraction of sp³-hybridized carbons (Fsp3) is 0.263. The Morgan fingerprint density at radius 1 is 0.963 bits per heavy atom. The Morgan fingerprint density at radius 3 is 1.81 bits per heavy atom. The molecule has 1 atom stereocenters. The van der Waals surface area contributed by atoms with Crippen LogP contribution in [0.4, 0.5) is 13.2 Å². The molecular formula is C19H21F3N2O3. The minimum Gasteiger partial charge on any atom is -0.475 e. The summed E-state index contributed by atoms with van der Waals surface area (Å²) < 4.78 is 31.7. The van der Waals surface area contributed by atoms with Gasteiger partial charge in [-0.15, -0.1) is 0 Å². The first kappa shape index (κ1) is 22.2. The normalized spacial score (nSPS) is 11.7. The smallest absolute Gasteiger partial charge is 0.475 e. The summed E-state index contributed by atoms with van der Waals surface area (Å²) in [5.74, 6) is -2.74. The summed E-state index contributed by atoms with van der Waals surface area (Å²) in [6, 6.07) is 19.9. The molecule has 0 aliphatic heterocycles. The predicted molar refractivity (Wildman–Crippen MR) is 95.0 cm³/mol. The molecule has 1 unspecified atom stereocenters. The van der Waals surface area contributed by atoms with Crippen molar-refractivity contribution in [3.8, 4) is 0 Å². The van der Waals surface area contributed by atoms with Crippen LogP contribution in [0.25, 0.3) is 0 Å². The second kappa shape index (κ2) is 11.0. The van der Waals surface area contributed by atoms with Crippen LogP contribution < -0.4 is 10.6 Å². The van der Waals surface area contributed by atoms with Gasteiger partial charge in [0, 0.05) is 13.6 Å². The SMILES string of the molecule is CNC(=O)C(Cc1ccccc1)NCc1ccccc1.O=C(O)C(F)(F)F. The van der Waals surface area contributed by atoms with E-state index in [4.69, 9.17) is 9.90 Å². The van der Waals surface area contributed by atoms with Crippen LogP contribution in [-0.2, 0) is 22.6 Å². The number of hydrogen-bond donors (Lipinski definition) is 3. The van der Waals surface area contributed by atoms with Gasteiger partial charge in [0.15, 0.2) is 0 Å². The molecule has 0 heterocycles. The largest absolute Gasteiger partial charge is 0.490 e. The van der Waals surface area contributed by atoms with Gasteiger partial charge in [-0.05, 0) is 17.5 Å². The van der Waals surface area contributed by atoms with Gasteiger partial charge in [-0.1, -0.05) is 60.7 Å².